The average Bonchev–Trinajstić information content (AvgIpc) is 3.27. The topological polar surface area (TPSA) is 84.4 Å². The molecule has 1 amide bonds. The van der Waals surface area contributed by atoms with Gasteiger partial charge in [-0.05, 0) is 52.2 Å². The van der Waals surface area contributed by atoms with Crippen molar-refractivity contribution < 1.29 is 18.0 Å². The van der Waals surface area contributed by atoms with Crippen LogP contribution >= 0.6 is 0 Å². The van der Waals surface area contributed by atoms with Gasteiger partial charge in [0.25, 0.3) is 5.91 Å². The SMILES string of the molecule is CC(C)NC(=O)c1coc(-c2nc(CCN(C)C)oc2-c2ccc(F)cc2)n1. The lowest BCUT2D eigenvalue weighted by atomic mass is 10.1. The third kappa shape index (κ3) is 4.64. The molecule has 8 heteroatoms. The van der Waals surface area contributed by atoms with Crippen molar-refractivity contribution in [2.24, 2.45) is 0 Å². The monoisotopic (exact) mass is 386 g/mol. The molecule has 1 aromatic carbocycles. The fraction of sp³-hybridized carbons (Fsp3) is 0.350. The smallest absolute Gasteiger partial charge is 0.273 e. The van der Waals surface area contributed by atoms with Gasteiger partial charge in [0, 0.05) is 24.6 Å². The molecule has 0 bridgehead atoms. The highest BCUT2D eigenvalue weighted by Crippen LogP contribution is 2.32. The maximum absolute atomic E-state index is 13.3. The fourth-order valence-electron chi connectivity index (χ4n) is 2.56. The summed E-state index contributed by atoms with van der Waals surface area (Å²) in [4.78, 5) is 22.9. The van der Waals surface area contributed by atoms with Crippen LogP contribution in [0.25, 0.3) is 22.9 Å². The molecule has 0 spiro atoms. The number of carbonyl (C=O) groups is 1. The number of nitrogens with one attached hydrogen (secondary N) is 1. The number of rotatable bonds is 7. The van der Waals surface area contributed by atoms with Crippen LogP contribution in [-0.2, 0) is 6.42 Å². The molecule has 7 nitrogen and oxygen atoms in total. The van der Waals surface area contributed by atoms with Gasteiger partial charge in [-0.3, -0.25) is 4.79 Å². The molecule has 2 heterocycles. The van der Waals surface area contributed by atoms with Gasteiger partial charge < -0.3 is 19.1 Å². The average molecular weight is 386 g/mol. The largest absolute Gasteiger partial charge is 0.442 e. The second kappa shape index (κ2) is 8.35. The highest BCUT2D eigenvalue weighted by Gasteiger charge is 2.23. The Morgan fingerprint density at radius 1 is 1.21 bits per heavy atom. The Bertz CT molecular complexity index is 945. The van der Waals surface area contributed by atoms with Crippen molar-refractivity contribution in [3.63, 3.8) is 0 Å². The van der Waals surface area contributed by atoms with Crippen molar-refractivity contribution in [2.75, 3.05) is 20.6 Å². The lowest BCUT2D eigenvalue weighted by molar-refractivity contribution is 0.0938. The number of carbonyl (C=O) groups excluding carboxylic acids is 1. The minimum absolute atomic E-state index is 0.0212. The first-order valence-electron chi connectivity index (χ1n) is 9.00. The number of amides is 1. The molecule has 2 aromatic heterocycles. The summed E-state index contributed by atoms with van der Waals surface area (Å²) in [6.07, 6.45) is 1.87. The quantitative estimate of drug-likeness (QED) is 0.670. The molecular weight excluding hydrogens is 363 g/mol. The van der Waals surface area contributed by atoms with Gasteiger partial charge in [0.15, 0.2) is 23.0 Å². The summed E-state index contributed by atoms with van der Waals surface area (Å²) in [5.74, 6) is 0.431. The second-order valence-electron chi connectivity index (χ2n) is 7.01. The molecule has 0 radical (unpaired) electrons. The van der Waals surface area contributed by atoms with Crippen molar-refractivity contribution in [3.8, 4) is 22.9 Å². The number of likely N-dealkylation sites (N-methyl/N-ethyl adjacent to an activating group) is 1. The predicted molar refractivity (Wildman–Crippen MR) is 102 cm³/mol. The van der Waals surface area contributed by atoms with Crippen molar-refractivity contribution in [1.29, 1.82) is 0 Å². The molecule has 0 fully saturated rings. The molecule has 0 saturated heterocycles. The van der Waals surface area contributed by atoms with Crippen LogP contribution in [0, 0.1) is 5.82 Å². The molecule has 0 aliphatic heterocycles. The number of benzene rings is 1. The van der Waals surface area contributed by atoms with E-state index in [1.54, 1.807) is 12.1 Å². The number of nitrogens with zero attached hydrogens (tertiary/aromatic N) is 3. The summed E-state index contributed by atoms with van der Waals surface area (Å²) in [5, 5.41) is 2.76. The van der Waals surface area contributed by atoms with Crippen LogP contribution < -0.4 is 5.32 Å². The van der Waals surface area contributed by atoms with E-state index < -0.39 is 0 Å². The first-order valence-corrected chi connectivity index (χ1v) is 9.00. The van der Waals surface area contributed by atoms with Crippen LogP contribution in [0.3, 0.4) is 0 Å². The van der Waals surface area contributed by atoms with E-state index in [0.29, 0.717) is 29.3 Å². The van der Waals surface area contributed by atoms with E-state index in [9.17, 15) is 9.18 Å². The summed E-state index contributed by atoms with van der Waals surface area (Å²) in [6.45, 7) is 4.47. The third-order valence-electron chi connectivity index (χ3n) is 3.91. The Hall–Kier alpha value is -3.00. The normalized spacial score (nSPS) is 11.4. The van der Waals surface area contributed by atoms with E-state index in [1.165, 1.54) is 18.4 Å². The number of oxazole rings is 2. The maximum atomic E-state index is 13.3. The molecule has 28 heavy (non-hydrogen) atoms. The number of aromatic nitrogens is 2. The van der Waals surface area contributed by atoms with Gasteiger partial charge in [-0.1, -0.05) is 0 Å². The Morgan fingerprint density at radius 3 is 2.57 bits per heavy atom. The van der Waals surface area contributed by atoms with Gasteiger partial charge in [0.05, 0.1) is 0 Å². The zero-order valence-electron chi connectivity index (χ0n) is 16.3. The van der Waals surface area contributed by atoms with Gasteiger partial charge in [-0.15, -0.1) is 0 Å². The third-order valence-corrected chi connectivity index (χ3v) is 3.91. The maximum Gasteiger partial charge on any atom is 0.273 e. The number of hydrogen-bond acceptors (Lipinski definition) is 6. The Morgan fingerprint density at radius 2 is 1.93 bits per heavy atom. The van der Waals surface area contributed by atoms with Gasteiger partial charge in [0.1, 0.15) is 12.1 Å². The number of halogens is 1. The second-order valence-corrected chi connectivity index (χ2v) is 7.01. The number of hydrogen-bond donors (Lipinski definition) is 1. The lowest BCUT2D eigenvalue weighted by Gasteiger charge is -2.05. The molecule has 3 aromatic rings. The molecule has 0 saturated carbocycles. The fourth-order valence-corrected chi connectivity index (χ4v) is 2.56. The van der Waals surface area contributed by atoms with Crippen molar-refractivity contribution in [1.82, 2.24) is 20.2 Å². The van der Waals surface area contributed by atoms with E-state index in [-0.39, 0.29) is 29.4 Å². The van der Waals surface area contributed by atoms with Crippen LogP contribution in [0.2, 0.25) is 0 Å². The Labute approximate surface area is 162 Å². The van der Waals surface area contributed by atoms with E-state index in [4.69, 9.17) is 8.83 Å². The first kappa shape index (κ1) is 19.8. The van der Waals surface area contributed by atoms with Crippen LogP contribution in [0.1, 0.15) is 30.2 Å². The Balaban J connectivity index is 1.97. The van der Waals surface area contributed by atoms with E-state index in [2.05, 4.69) is 15.3 Å². The zero-order chi connectivity index (χ0) is 20.3. The standard InChI is InChI=1S/C20H23FN4O3/c1-12(2)22-19(26)15-11-27-20(23-15)17-18(13-5-7-14(21)8-6-13)28-16(24-17)9-10-25(3)4/h5-8,11-12H,9-10H2,1-4H3,(H,22,26). The van der Waals surface area contributed by atoms with Gasteiger partial charge in [-0.2, -0.15) is 0 Å². The Kier molecular flexibility index (Phi) is 5.89. The molecule has 0 unspecified atom stereocenters. The minimum Gasteiger partial charge on any atom is -0.442 e. The summed E-state index contributed by atoms with van der Waals surface area (Å²) >= 11 is 0. The van der Waals surface area contributed by atoms with Gasteiger partial charge in [0.2, 0.25) is 5.89 Å². The van der Waals surface area contributed by atoms with Crippen molar-refractivity contribution in [3.05, 3.63) is 47.9 Å². The predicted octanol–water partition coefficient (Wildman–Crippen LogP) is 3.38. The summed E-state index contributed by atoms with van der Waals surface area (Å²) < 4.78 is 24.7. The van der Waals surface area contributed by atoms with Crippen molar-refractivity contribution >= 4 is 5.91 Å². The molecule has 0 aliphatic rings. The molecule has 0 aliphatic carbocycles. The molecule has 148 valence electrons. The van der Waals surface area contributed by atoms with E-state index >= 15 is 0 Å². The van der Waals surface area contributed by atoms with Crippen LogP contribution in [0.5, 0.6) is 0 Å². The van der Waals surface area contributed by atoms with E-state index in [0.717, 1.165) is 6.54 Å². The molecule has 0 atom stereocenters. The molecule has 3 rings (SSSR count). The highest BCUT2D eigenvalue weighted by atomic mass is 19.1. The van der Waals surface area contributed by atoms with Crippen molar-refractivity contribution in [2.45, 2.75) is 26.3 Å². The minimum atomic E-state index is -0.346. The molecular formula is C20H23FN4O3. The van der Waals surface area contributed by atoms with E-state index in [1.807, 2.05) is 32.8 Å². The summed E-state index contributed by atoms with van der Waals surface area (Å²) in [7, 11) is 3.91. The van der Waals surface area contributed by atoms with Gasteiger partial charge >= 0.3 is 0 Å². The van der Waals surface area contributed by atoms with Crippen LogP contribution in [-0.4, -0.2) is 47.5 Å². The lowest BCUT2D eigenvalue weighted by Crippen LogP contribution is -2.30. The summed E-state index contributed by atoms with van der Waals surface area (Å²) in [5.41, 5.74) is 1.18. The summed E-state index contributed by atoms with van der Waals surface area (Å²) in [6, 6.07) is 5.87. The molecule has 1 N–H and O–H groups in total. The highest BCUT2D eigenvalue weighted by molar-refractivity contribution is 5.92. The van der Waals surface area contributed by atoms with Crippen LogP contribution in [0.4, 0.5) is 4.39 Å². The first-order chi connectivity index (χ1) is 13.3. The van der Waals surface area contributed by atoms with Crippen LogP contribution in [0.15, 0.2) is 39.4 Å². The van der Waals surface area contributed by atoms with Gasteiger partial charge in [-0.25, -0.2) is 14.4 Å². The zero-order valence-corrected chi connectivity index (χ0v) is 16.3.